The van der Waals surface area contributed by atoms with Crippen LogP contribution in [0.25, 0.3) is 0 Å². The lowest BCUT2D eigenvalue weighted by molar-refractivity contribution is -0.387. The second kappa shape index (κ2) is 5.90. The number of nitrogens with zero attached hydrogens (tertiary/aromatic N) is 1. The minimum Gasteiger partial charge on any atom is -0.399 e. The second-order valence-electron chi connectivity index (χ2n) is 4.29. The van der Waals surface area contributed by atoms with Gasteiger partial charge in [0.15, 0.2) is 4.90 Å². The van der Waals surface area contributed by atoms with E-state index in [-0.39, 0.29) is 12.2 Å². The lowest BCUT2D eigenvalue weighted by Gasteiger charge is -2.08. The van der Waals surface area contributed by atoms with E-state index in [2.05, 4.69) is 4.72 Å². The first-order valence-electron chi connectivity index (χ1n) is 5.97. The molecule has 0 saturated carbocycles. The van der Waals surface area contributed by atoms with Crippen LogP contribution in [0.1, 0.15) is 5.56 Å². The molecule has 7 nitrogen and oxygen atoms in total. The van der Waals surface area contributed by atoms with Crippen LogP contribution in [0.5, 0.6) is 0 Å². The number of nitro benzene ring substituents is 1. The van der Waals surface area contributed by atoms with Crippen LogP contribution >= 0.6 is 0 Å². The van der Waals surface area contributed by atoms with Crippen LogP contribution in [0.3, 0.4) is 0 Å². The maximum absolute atomic E-state index is 12.2. The number of hydrogen-bond acceptors (Lipinski definition) is 5. The maximum atomic E-state index is 12.2. The number of anilines is 1. The van der Waals surface area contributed by atoms with Gasteiger partial charge in [-0.15, -0.1) is 0 Å². The molecule has 0 radical (unpaired) electrons. The maximum Gasteiger partial charge on any atom is 0.289 e. The molecule has 0 spiro atoms. The van der Waals surface area contributed by atoms with Crippen molar-refractivity contribution in [1.29, 1.82) is 0 Å². The van der Waals surface area contributed by atoms with Gasteiger partial charge in [-0.2, -0.15) is 0 Å². The van der Waals surface area contributed by atoms with Gasteiger partial charge in [0.05, 0.1) is 4.92 Å². The molecule has 0 aromatic heterocycles. The summed E-state index contributed by atoms with van der Waals surface area (Å²) in [6.45, 7) is 0.0368. The summed E-state index contributed by atoms with van der Waals surface area (Å²) in [7, 11) is -4.03. The number of rotatable bonds is 5. The van der Waals surface area contributed by atoms with Crippen molar-refractivity contribution >= 4 is 21.4 Å². The van der Waals surface area contributed by atoms with E-state index >= 15 is 0 Å². The Balaban J connectivity index is 2.31. The Labute approximate surface area is 121 Å². The minimum absolute atomic E-state index is 0.0368. The Morgan fingerprint density at radius 2 is 1.81 bits per heavy atom. The molecule has 0 aliphatic rings. The third kappa shape index (κ3) is 3.56. The molecule has 3 N–H and O–H groups in total. The summed E-state index contributed by atoms with van der Waals surface area (Å²) >= 11 is 0. The quantitative estimate of drug-likeness (QED) is 0.495. The topological polar surface area (TPSA) is 115 Å². The van der Waals surface area contributed by atoms with Gasteiger partial charge >= 0.3 is 0 Å². The fraction of sp³-hybridized carbons (Fsp3) is 0.0769. The summed E-state index contributed by atoms with van der Waals surface area (Å²) in [6.07, 6.45) is 0. The van der Waals surface area contributed by atoms with Crippen molar-refractivity contribution in [2.75, 3.05) is 5.73 Å². The number of benzene rings is 2. The average molecular weight is 307 g/mol. The van der Waals surface area contributed by atoms with Gasteiger partial charge < -0.3 is 5.73 Å². The predicted molar refractivity (Wildman–Crippen MR) is 78.0 cm³/mol. The Kier molecular flexibility index (Phi) is 4.20. The van der Waals surface area contributed by atoms with Crippen LogP contribution in [-0.4, -0.2) is 13.3 Å². The standard InChI is InChI=1S/C13H13N3O4S/c14-11-6-7-12(16(17)18)13(8-11)21(19,20)15-9-10-4-2-1-3-5-10/h1-8,15H,9,14H2. The number of nitrogens with two attached hydrogens (primary N) is 1. The van der Waals surface area contributed by atoms with Gasteiger partial charge in [-0.1, -0.05) is 30.3 Å². The minimum atomic E-state index is -4.03. The van der Waals surface area contributed by atoms with Gasteiger partial charge in [0.2, 0.25) is 10.0 Å². The van der Waals surface area contributed by atoms with Crippen LogP contribution in [-0.2, 0) is 16.6 Å². The van der Waals surface area contributed by atoms with E-state index < -0.39 is 25.5 Å². The number of nitro groups is 1. The number of nitrogens with one attached hydrogen (secondary N) is 1. The Morgan fingerprint density at radius 1 is 1.14 bits per heavy atom. The van der Waals surface area contributed by atoms with Crippen LogP contribution in [0.4, 0.5) is 11.4 Å². The summed E-state index contributed by atoms with van der Waals surface area (Å²) in [4.78, 5) is 9.73. The molecule has 0 amide bonds. The van der Waals surface area contributed by atoms with Crippen molar-refractivity contribution in [3.8, 4) is 0 Å². The van der Waals surface area contributed by atoms with Crippen LogP contribution in [0, 0.1) is 10.1 Å². The monoisotopic (exact) mass is 307 g/mol. The molecule has 0 fully saturated rings. The predicted octanol–water partition coefficient (Wildman–Crippen LogP) is 1.66. The molecule has 0 unspecified atom stereocenters. The summed E-state index contributed by atoms with van der Waals surface area (Å²) in [5.74, 6) is 0. The average Bonchev–Trinajstić information content (AvgIpc) is 2.46. The third-order valence-corrected chi connectivity index (χ3v) is 4.21. The molecule has 110 valence electrons. The lowest BCUT2D eigenvalue weighted by Crippen LogP contribution is -2.24. The Bertz CT molecular complexity index is 760. The van der Waals surface area contributed by atoms with Crippen molar-refractivity contribution in [2.24, 2.45) is 0 Å². The van der Waals surface area contributed by atoms with Gasteiger partial charge in [0.25, 0.3) is 5.69 Å². The lowest BCUT2D eigenvalue weighted by atomic mass is 10.2. The van der Waals surface area contributed by atoms with Gasteiger partial charge in [-0.25, -0.2) is 13.1 Å². The highest BCUT2D eigenvalue weighted by Crippen LogP contribution is 2.25. The zero-order valence-electron chi connectivity index (χ0n) is 10.9. The van der Waals surface area contributed by atoms with E-state index in [1.807, 2.05) is 0 Å². The molecular formula is C13H13N3O4S. The van der Waals surface area contributed by atoms with E-state index in [0.29, 0.717) is 0 Å². The number of hydrogen-bond donors (Lipinski definition) is 2. The SMILES string of the molecule is Nc1ccc([N+](=O)[O-])c(S(=O)(=O)NCc2ccccc2)c1. The summed E-state index contributed by atoms with van der Waals surface area (Å²) < 4.78 is 26.8. The molecule has 2 aromatic rings. The molecule has 2 rings (SSSR count). The smallest absolute Gasteiger partial charge is 0.289 e. The highest BCUT2D eigenvalue weighted by Gasteiger charge is 2.25. The van der Waals surface area contributed by atoms with Crippen LogP contribution in [0.2, 0.25) is 0 Å². The normalized spacial score (nSPS) is 11.2. The van der Waals surface area contributed by atoms with Gasteiger partial charge in [0.1, 0.15) is 0 Å². The first-order chi connectivity index (χ1) is 9.90. The number of sulfonamides is 1. The summed E-state index contributed by atoms with van der Waals surface area (Å²) in [5.41, 5.74) is 5.89. The van der Waals surface area contributed by atoms with Crippen molar-refractivity contribution in [2.45, 2.75) is 11.4 Å². The highest BCUT2D eigenvalue weighted by atomic mass is 32.2. The zero-order chi connectivity index (χ0) is 15.5. The Hall–Kier alpha value is -2.45. The fourth-order valence-corrected chi connectivity index (χ4v) is 2.97. The van der Waals surface area contributed by atoms with Crippen molar-refractivity contribution in [1.82, 2.24) is 4.72 Å². The van der Waals surface area contributed by atoms with E-state index in [9.17, 15) is 18.5 Å². The third-order valence-electron chi connectivity index (χ3n) is 2.78. The molecule has 0 atom stereocenters. The summed E-state index contributed by atoms with van der Waals surface area (Å²) in [5, 5.41) is 10.9. The van der Waals surface area contributed by atoms with Crippen LogP contribution in [0.15, 0.2) is 53.4 Å². The van der Waals surface area contributed by atoms with Crippen LogP contribution < -0.4 is 10.5 Å². The van der Waals surface area contributed by atoms with E-state index in [4.69, 9.17) is 5.73 Å². The van der Waals surface area contributed by atoms with Gasteiger partial charge in [0, 0.05) is 18.3 Å². The molecule has 0 saturated heterocycles. The highest BCUT2D eigenvalue weighted by molar-refractivity contribution is 7.89. The van der Waals surface area contributed by atoms with Gasteiger partial charge in [-0.05, 0) is 17.7 Å². The molecular weight excluding hydrogens is 294 g/mol. The molecule has 2 aromatic carbocycles. The fourth-order valence-electron chi connectivity index (χ4n) is 1.75. The molecule has 0 bridgehead atoms. The van der Waals surface area contributed by atoms with Crippen molar-refractivity contribution < 1.29 is 13.3 Å². The first kappa shape index (κ1) is 14.9. The van der Waals surface area contributed by atoms with Gasteiger partial charge in [-0.3, -0.25) is 10.1 Å². The zero-order valence-corrected chi connectivity index (χ0v) is 11.7. The first-order valence-corrected chi connectivity index (χ1v) is 7.46. The van der Waals surface area contributed by atoms with Crippen molar-refractivity contribution in [3.05, 3.63) is 64.2 Å². The summed E-state index contributed by atoms with van der Waals surface area (Å²) in [6, 6.07) is 12.3. The van der Waals surface area contributed by atoms with E-state index in [1.165, 1.54) is 6.07 Å². The molecule has 0 aliphatic heterocycles. The van der Waals surface area contributed by atoms with E-state index in [1.54, 1.807) is 30.3 Å². The molecule has 0 heterocycles. The molecule has 21 heavy (non-hydrogen) atoms. The molecule has 8 heteroatoms. The second-order valence-corrected chi connectivity index (χ2v) is 6.03. The van der Waals surface area contributed by atoms with Crippen molar-refractivity contribution in [3.63, 3.8) is 0 Å². The Morgan fingerprint density at radius 3 is 2.43 bits per heavy atom. The van der Waals surface area contributed by atoms with E-state index in [0.717, 1.165) is 17.7 Å². The molecule has 0 aliphatic carbocycles. The largest absolute Gasteiger partial charge is 0.399 e. The number of nitrogen functional groups attached to an aromatic ring is 1.